The van der Waals surface area contributed by atoms with E-state index >= 15 is 0 Å². The number of hydrogen-bond donors (Lipinski definition) is 1. The highest BCUT2D eigenvalue weighted by Crippen LogP contribution is 2.66. The molecule has 0 radical (unpaired) electrons. The van der Waals surface area contributed by atoms with E-state index in [9.17, 15) is 0 Å². The number of nitrogens with zero attached hydrogens (tertiary/aromatic N) is 1. The van der Waals surface area contributed by atoms with E-state index in [0.717, 1.165) is 41.1 Å². The van der Waals surface area contributed by atoms with E-state index in [0.29, 0.717) is 16.9 Å². The van der Waals surface area contributed by atoms with Crippen molar-refractivity contribution in [1.82, 2.24) is 0 Å². The molecule has 0 aliphatic heterocycles. The zero-order valence-corrected chi connectivity index (χ0v) is 20.9. The first-order chi connectivity index (χ1) is 15.3. The van der Waals surface area contributed by atoms with Gasteiger partial charge in [0.1, 0.15) is 0 Å². The van der Waals surface area contributed by atoms with Crippen molar-refractivity contribution in [1.29, 1.82) is 5.26 Å². The number of rotatable bonds is 3. The second kappa shape index (κ2) is 8.38. The van der Waals surface area contributed by atoms with Crippen molar-refractivity contribution in [2.24, 2.45) is 46.3 Å². The predicted octanol–water partition coefficient (Wildman–Crippen LogP) is 8.04. The van der Waals surface area contributed by atoms with Gasteiger partial charge >= 0.3 is 0 Å². The Kier molecular flexibility index (Phi) is 5.84. The van der Waals surface area contributed by atoms with Crippen LogP contribution < -0.4 is 5.32 Å². The van der Waals surface area contributed by atoms with Crippen molar-refractivity contribution in [3.63, 3.8) is 0 Å². The zero-order valence-electron chi connectivity index (χ0n) is 20.9. The molecular weight excluding hydrogens is 388 g/mol. The van der Waals surface area contributed by atoms with Gasteiger partial charge in [-0.3, -0.25) is 0 Å². The maximum Gasteiger partial charge on any atom is 0.0991 e. The molecule has 4 saturated carbocycles. The number of fused-ring (bicyclic) bond motifs is 5. The van der Waals surface area contributed by atoms with Crippen molar-refractivity contribution in [3.8, 4) is 6.07 Å². The van der Waals surface area contributed by atoms with Gasteiger partial charge in [-0.15, -0.1) is 0 Å². The number of benzene rings is 1. The molecule has 1 N–H and O–H groups in total. The lowest BCUT2D eigenvalue weighted by atomic mass is 9.42. The minimum atomic E-state index is 0.480. The minimum absolute atomic E-state index is 0.480. The Bertz CT molecular complexity index is 853. The van der Waals surface area contributed by atoms with E-state index in [1.54, 1.807) is 0 Å². The quantitative estimate of drug-likeness (QED) is 0.524. The van der Waals surface area contributed by atoms with Gasteiger partial charge in [0.05, 0.1) is 11.6 Å². The molecule has 4 aliphatic rings. The van der Waals surface area contributed by atoms with E-state index in [-0.39, 0.29) is 0 Å². The molecule has 2 unspecified atom stereocenters. The highest BCUT2D eigenvalue weighted by atomic mass is 14.9. The molecule has 2 heteroatoms. The van der Waals surface area contributed by atoms with Gasteiger partial charge in [-0.05, 0) is 129 Å². The fraction of sp³-hybridized carbons (Fsp3) is 0.767. The third-order valence-corrected chi connectivity index (χ3v) is 11.1. The van der Waals surface area contributed by atoms with Gasteiger partial charge in [0.25, 0.3) is 0 Å². The van der Waals surface area contributed by atoms with Crippen molar-refractivity contribution in [2.75, 3.05) is 5.32 Å². The Hall–Kier alpha value is -1.49. The van der Waals surface area contributed by atoms with Gasteiger partial charge in [-0.1, -0.05) is 33.6 Å². The molecule has 1 aromatic rings. The SMILES string of the molecule is C[C@H]1CC[C@@H]2C3CC[C@]4(C)C([C@H](C)Nc5ccc(C#N)cc5)CCC[C@H]4[C@@H]3CC[C@]2(C)C1. The summed E-state index contributed by atoms with van der Waals surface area (Å²) in [4.78, 5) is 0. The summed E-state index contributed by atoms with van der Waals surface area (Å²) in [5.74, 6) is 5.59. The Morgan fingerprint density at radius 1 is 0.938 bits per heavy atom. The van der Waals surface area contributed by atoms with Crippen LogP contribution in [0.25, 0.3) is 0 Å². The van der Waals surface area contributed by atoms with Gasteiger partial charge in [-0.2, -0.15) is 5.26 Å². The van der Waals surface area contributed by atoms with E-state index in [1.807, 2.05) is 12.1 Å². The molecule has 0 spiro atoms. The number of nitriles is 1. The van der Waals surface area contributed by atoms with Crippen molar-refractivity contribution >= 4 is 5.69 Å². The minimum Gasteiger partial charge on any atom is -0.382 e. The summed E-state index contributed by atoms with van der Waals surface area (Å²) in [6, 6.07) is 10.8. The van der Waals surface area contributed by atoms with Gasteiger partial charge in [0.2, 0.25) is 0 Å². The molecule has 1 aromatic carbocycles. The zero-order chi connectivity index (χ0) is 22.5. The van der Waals surface area contributed by atoms with Crippen LogP contribution in [0.2, 0.25) is 0 Å². The highest BCUT2D eigenvalue weighted by molar-refractivity contribution is 5.48. The lowest BCUT2D eigenvalue weighted by molar-refractivity contribution is -0.134. The van der Waals surface area contributed by atoms with Crippen LogP contribution in [0.15, 0.2) is 24.3 Å². The summed E-state index contributed by atoms with van der Waals surface area (Å²) in [6.07, 6.45) is 14.6. The van der Waals surface area contributed by atoms with Gasteiger partial charge in [-0.25, -0.2) is 0 Å². The molecule has 0 heterocycles. The maximum atomic E-state index is 9.10. The van der Waals surface area contributed by atoms with Gasteiger partial charge < -0.3 is 5.32 Å². The third kappa shape index (κ3) is 3.69. The van der Waals surface area contributed by atoms with Crippen LogP contribution in [-0.2, 0) is 0 Å². The first-order valence-corrected chi connectivity index (χ1v) is 13.6. The average molecular weight is 433 g/mol. The van der Waals surface area contributed by atoms with Crippen LogP contribution in [-0.4, -0.2) is 6.04 Å². The summed E-state index contributed by atoms with van der Waals surface area (Å²) in [5, 5.41) is 12.9. The Morgan fingerprint density at radius 2 is 1.66 bits per heavy atom. The summed E-state index contributed by atoms with van der Waals surface area (Å²) < 4.78 is 0. The number of anilines is 1. The second-order valence-corrected chi connectivity index (χ2v) is 12.8. The second-order valence-electron chi connectivity index (χ2n) is 12.8. The molecular formula is C30H44N2. The smallest absolute Gasteiger partial charge is 0.0991 e. The molecule has 9 atom stereocenters. The van der Waals surface area contributed by atoms with E-state index < -0.39 is 0 Å². The summed E-state index contributed by atoms with van der Waals surface area (Å²) in [7, 11) is 0. The van der Waals surface area contributed by atoms with Crippen LogP contribution in [0.5, 0.6) is 0 Å². The molecule has 0 saturated heterocycles. The van der Waals surface area contributed by atoms with Gasteiger partial charge in [0.15, 0.2) is 0 Å². The molecule has 2 nitrogen and oxygen atoms in total. The Morgan fingerprint density at radius 3 is 2.41 bits per heavy atom. The van der Waals surface area contributed by atoms with Crippen LogP contribution in [0.1, 0.15) is 97.5 Å². The van der Waals surface area contributed by atoms with Crippen molar-refractivity contribution in [2.45, 2.75) is 97.9 Å². The molecule has 0 aromatic heterocycles. The Balaban J connectivity index is 1.33. The summed E-state index contributed by atoms with van der Waals surface area (Å²) in [6.45, 7) is 10.2. The molecule has 4 aliphatic carbocycles. The molecule has 32 heavy (non-hydrogen) atoms. The molecule has 4 fully saturated rings. The topological polar surface area (TPSA) is 35.8 Å². The Labute approximate surface area is 196 Å². The van der Waals surface area contributed by atoms with Crippen molar-refractivity contribution in [3.05, 3.63) is 29.8 Å². The maximum absolute atomic E-state index is 9.10. The summed E-state index contributed by atoms with van der Waals surface area (Å²) >= 11 is 0. The first kappa shape index (κ1) is 22.3. The van der Waals surface area contributed by atoms with Crippen LogP contribution in [0.3, 0.4) is 0 Å². The van der Waals surface area contributed by atoms with E-state index in [1.165, 1.54) is 69.9 Å². The monoisotopic (exact) mass is 432 g/mol. The van der Waals surface area contributed by atoms with Gasteiger partial charge in [0, 0.05) is 11.7 Å². The van der Waals surface area contributed by atoms with Crippen LogP contribution >= 0.6 is 0 Å². The fourth-order valence-electron chi connectivity index (χ4n) is 9.67. The lowest BCUT2D eigenvalue weighted by Crippen LogP contribution is -2.56. The normalized spacial score (nSPS) is 44.3. The van der Waals surface area contributed by atoms with Crippen LogP contribution in [0.4, 0.5) is 5.69 Å². The summed E-state index contributed by atoms with van der Waals surface area (Å²) in [5.41, 5.74) is 3.02. The molecule has 0 amide bonds. The van der Waals surface area contributed by atoms with E-state index in [2.05, 4.69) is 51.2 Å². The van der Waals surface area contributed by atoms with Crippen LogP contribution in [0, 0.1) is 57.7 Å². The molecule has 0 bridgehead atoms. The standard InChI is InChI=1S/C30H44N2/c1-20-8-13-27-24-15-17-30(4)26(21(2)32-23-11-9-22(19-31)10-12-23)6-5-7-28(30)25(24)14-16-29(27,3)18-20/h9-12,20-21,24-28,32H,5-8,13-18H2,1-4H3/t20-,21-,24?,25+,26?,27+,28-,29+,30+/m0/s1. The average Bonchev–Trinajstić information content (AvgIpc) is 2.77. The number of hydrogen-bond acceptors (Lipinski definition) is 2. The number of nitrogens with one attached hydrogen (secondary N) is 1. The van der Waals surface area contributed by atoms with Crippen molar-refractivity contribution < 1.29 is 0 Å². The molecule has 174 valence electrons. The predicted molar refractivity (Wildman–Crippen MR) is 133 cm³/mol. The largest absolute Gasteiger partial charge is 0.382 e. The third-order valence-electron chi connectivity index (χ3n) is 11.1. The molecule has 5 rings (SSSR count). The van der Waals surface area contributed by atoms with E-state index in [4.69, 9.17) is 5.26 Å². The first-order valence-electron chi connectivity index (χ1n) is 13.6. The lowest BCUT2D eigenvalue weighted by Gasteiger charge is -2.63. The highest BCUT2D eigenvalue weighted by Gasteiger charge is 2.58. The fourth-order valence-corrected chi connectivity index (χ4v) is 9.67.